The van der Waals surface area contributed by atoms with Crippen LogP contribution in [-0.4, -0.2) is 30.0 Å². The Hall–Kier alpha value is -0.480. The molecule has 2 aromatic heterocycles. The summed E-state index contributed by atoms with van der Waals surface area (Å²) in [6.45, 7) is 0.288. The maximum absolute atomic E-state index is 12.1. The summed E-state index contributed by atoms with van der Waals surface area (Å²) in [6, 6.07) is 3.67. The molecule has 0 aliphatic heterocycles. The third-order valence-corrected chi connectivity index (χ3v) is 5.92. The lowest BCUT2D eigenvalue weighted by molar-refractivity contribution is 0.560. The fourth-order valence-corrected chi connectivity index (χ4v) is 4.68. The fraction of sp³-hybridized carbons (Fsp3) is 0.333. The molecule has 2 rings (SSSR count). The van der Waals surface area contributed by atoms with Crippen LogP contribution < -0.4 is 4.72 Å². The van der Waals surface area contributed by atoms with Gasteiger partial charge in [-0.25, -0.2) is 17.8 Å². The number of rotatable bonds is 5. The number of hydrogen-bond acceptors (Lipinski definition) is 5. The van der Waals surface area contributed by atoms with Crippen molar-refractivity contribution in [2.45, 2.75) is 11.4 Å². The predicted octanol–water partition coefficient (Wildman–Crippen LogP) is 1.81. The first-order chi connectivity index (χ1) is 8.90. The Kier molecular flexibility index (Phi) is 4.62. The summed E-state index contributed by atoms with van der Waals surface area (Å²) in [5, 5.41) is 7.30. The average molecular weight is 386 g/mol. The zero-order chi connectivity index (χ0) is 14.0. The Bertz CT molecular complexity index is 663. The second-order valence-electron chi connectivity index (χ2n) is 3.66. The minimum absolute atomic E-state index is 0.0108. The number of thiophene rings is 1. The molecule has 6 nitrogen and oxygen atoms in total. The summed E-state index contributed by atoms with van der Waals surface area (Å²) < 4.78 is 28.7. The van der Waals surface area contributed by atoms with E-state index >= 15 is 0 Å². The number of halogens is 2. The molecular formula is C9H10BrClN4O2S2. The topological polar surface area (TPSA) is 76.9 Å². The molecule has 104 valence electrons. The quantitative estimate of drug-likeness (QED) is 0.851. The molecule has 0 atom stereocenters. The number of aromatic nitrogens is 3. The van der Waals surface area contributed by atoms with Crippen LogP contribution in [0.4, 0.5) is 0 Å². The second kappa shape index (κ2) is 5.88. The summed E-state index contributed by atoms with van der Waals surface area (Å²) in [6.07, 6.45) is 0.583. The summed E-state index contributed by atoms with van der Waals surface area (Å²) in [5.74, 6) is 0. The number of sulfonamides is 1. The molecule has 1 N–H and O–H groups in total. The molecule has 0 bridgehead atoms. The Morgan fingerprint density at radius 2 is 2.26 bits per heavy atom. The van der Waals surface area contributed by atoms with E-state index in [1.54, 1.807) is 6.07 Å². The van der Waals surface area contributed by atoms with Gasteiger partial charge in [0.05, 0.1) is 4.34 Å². The van der Waals surface area contributed by atoms with Crippen LogP contribution in [0.25, 0.3) is 0 Å². The molecule has 2 aromatic rings. The molecule has 0 aliphatic carbocycles. The highest BCUT2D eigenvalue weighted by atomic mass is 79.9. The molecule has 0 unspecified atom stereocenters. The van der Waals surface area contributed by atoms with Crippen LogP contribution in [0.2, 0.25) is 4.34 Å². The highest BCUT2D eigenvalue weighted by Gasteiger charge is 2.23. The monoisotopic (exact) mass is 384 g/mol. The molecule has 0 aliphatic rings. The van der Waals surface area contributed by atoms with E-state index in [9.17, 15) is 8.42 Å². The lowest BCUT2D eigenvalue weighted by Gasteiger charge is -2.05. The smallest absolute Gasteiger partial charge is 0.235 e. The molecule has 0 fully saturated rings. The SMILES string of the molecule is Cn1nnc(Br)c1S(=O)(=O)NCCc1ccc(Cl)s1. The van der Waals surface area contributed by atoms with Crippen LogP contribution in [0.1, 0.15) is 4.88 Å². The molecule has 0 spiro atoms. The van der Waals surface area contributed by atoms with E-state index in [1.807, 2.05) is 6.07 Å². The van der Waals surface area contributed by atoms with Crippen LogP contribution in [0.3, 0.4) is 0 Å². The van der Waals surface area contributed by atoms with Crippen molar-refractivity contribution < 1.29 is 8.42 Å². The standard InChI is InChI=1S/C9H10BrClN4O2S2/c1-15-9(8(10)13-14-15)19(16,17)12-5-4-6-2-3-7(11)18-6/h2-3,12H,4-5H2,1H3. The van der Waals surface area contributed by atoms with E-state index in [1.165, 1.54) is 23.1 Å². The fourth-order valence-electron chi connectivity index (χ4n) is 1.47. The van der Waals surface area contributed by atoms with Crippen molar-refractivity contribution in [3.8, 4) is 0 Å². The largest absolute Gasteiger partial charge is 0.260 e. The molecule has 0 saturated heterocycles. The lowest BCUT2D eigenvalue weighted by atomic mass is 10.3. The third-order valence-electron chi connectivity index (χ3n) is 2.28. The maximum atomic E-state index is 12.1. The first-order valence-electron chi connectivity index (χ1n) is 5.19. The lowest BCUT2D eigenvalue weighted by Crippen LogP contribution is -2.28. The minimum Gasteiger partial charge on any atom is -0.235 e. The first kappa shape index (κ1) is 14.9. The van der Waals surface area contributed by atoms with Crippen molar-refractivity contribution >= 4 is 48.9 Å². The molecule has 19 heavy (non-hydrogen) atoms. The molecule has 0 radical (unpaired) electrons. The van der Waals surface area contributed by atoms with Gasteiger partial charge in [-0.05, 0) is 34.5 Å². The maximum Gasteiger partial charge on any atom is 0.260 e. The summed E-state index contributed by atoms with van der Waals surface area (Å²) in [4.78, 5) is 1.02. The van der Waals surface area contributed by atoms with Crippen LogP contribution >= 0.6 is 38.9 Å². The van der Waals surface area contributed by atoms with Crippen molar-refractivity contribution in [2.75, 3.05) is 6.54 Å². The van der Waals surface area contributed by atoms with E-state index in [2.05, 4.69) is 31.0 Å². The predicted molar refractivity (Wildman–Crippen MR) is 76.9 cm³/mol. The van der Waals surface area contributed by atoms with Gasteiger partial charge in [-0.2, -0.15) is 0 Å². The van der Waals surface area contributed by atoms with Gasteiger partial charge in [0.25, 0.3) is 10.0 Å². The van der Waals surface area contributed by atoms with Crippen LogP contribution in [-0.2, 0) is 23.5 Å². The van der Waals surface area contributed by atoms with Gasteiger partial charge in [-0.3, -0.25) is 0 Å². The Balaban J connectivity index is 2.03. The van der Waals surface area contributed by atoms with Gasteiger partial charge in [0.15, 0.2) is 4.60 Å². The number of nitrogens with zero attached hydrogens (tertiary/aromatic N) is 3. The third kappa shape index (κ3) is 3.54. The highest BCUT2D eigenvalue weighted by molar-refractivity contribution is 9.10. The van der Waals surface area contributed by atoms with Gasteiger partial charge in [0.1, 0.15) is 0 Å². The van der Waals surface area contributed by atoms with Crippen molar-refractivity contribution in [3.63, 3.8) is 0 Å². The van der Waals surface area contributed by atoms with Crippen molar-refractivity contribution in [3.05, 3.63) is 25.9 Å². The van der Waals surface area contributed by atoms with E-state index in [-0.39, 0.29) is 16.2 Å². The van der Waals surface area contributed by atoms with Gasteiger partial charge >= 0.3 is 0 Å². The number of aryl methyl sites for hydroxylation is 1. The highest BCUT2D eigenvalue weighted by Crippen LogP contribution is 2.22. The second-order valence-corrected chi connectivity index (χ2v) is 7.90. The van der Waals surface area contributed by atoms with Crippen molar-refractivity contribution in [1.82, 2.24) is 19.7 Å². The van der Waals surface area contributed by atoms with Crippen molar-refractivity contribution in [1.29, 1.82) is 0 Å². The number of nitrogens with one attached hydrogen (secondary N) is 1. The molecule has 0 amide bonds. The van der Waals surface area contributed by atoms with E-state index < -0.39 is 10.0 Å². The van der Waals surface area contributed by atoms with E-state index in [0.717, 1.165) is 4.88 Å². The Morgan fingerprint density at radius 1 is 1.53 bits per heavy atom. The minimum atomic E-state index is -3.63. The Morgan fingerprint density at radius 3 is 2.79 bits per heavy atom. The average Bonchev–Trinajstić information content (AvgIpc) is 2.86. The first-order valence-corrected chi connectivity index (χ1v) is 8.66. The van der Waals surface area contributed by atoms with Gasteiger partial charge in [0, 0.05) is 18.5 Å². The zero-order valence-corrected chi connectivity index (χ0v) is 13.8. The van der Waals surface area contributed by atoms with E-state index in [4.69, 9.17) is 11.6 Å². The van der Waals surface area contributed by atoms with Crippen LogP contribution in [0.5, 0.6) is 0 Å². The molecule has 10 heteroatoms. The summed E-state index contributed by atoms with van der Waals surface area (Å²) in [5.41, 5.74) is 0. The molecule has 0 aromatic carbocycles. The van der Waals surface area contributed by atoms with Gasteiger partial charge in [-0.15, -0.1) is 16.4 Å². The summed E-state index contributed by atoms with van der Waals surface area (Å²) >= 11 is 10.3. The number of hydrogen-bond donors (Lipinski definition) is 1. The summed E-state index contributed by atoms with van der Waals surface area (Å²) in [7, 11) is -2.11. The van der Waals surface area contributed by atoms with Gasteiger partial charge in [0.2, 0.25) is 5.03 Å². The molecule has 0 saturated carbocycles. The van der Waals surface area contributed by atoms with Crippen molar-refractivity contribution in [2.24, 2.45) is 7.05 Å². The van der Waals surface area contributed by atoms with Gasteiger partial charge < -0.3 is 0 Å². The van der Waals surface area contributed by atoms with Crippen LogP contribution in [0.15, 0.2) is 21.8 Å². The molecule has 2 heterocycles. The van der Waals surface area contributed by atoms with E-state index in [0.29, 0.717) is 10.8 Å². The zero-order valence-electron chi connectivity index (χ0n) is 9.80. The molecular weight excluding hydrogens is 376 g/mol. The van der Waals surface area contributed by atoms with Gasteiger partial charge in [-0.1, -0.05) is 16.8 Å². The normalized spacial score (nSPS) is 11.9. The van der Waals surface area contributed by atoms with Crippen LogP contribution in [0, 0.1) is 0 Å². The Labute approximate surface area is 128 Å².